The van der Waals surface area contributed by atoms with Gasteiger partial charge in [-0.3, -0.25) is 0 Å². The zero-order chi connectivity index (χ0) is 13.0. The molecule has 0 fully saturated rings. The molecule has 0 aliphatic heterocycles. The lowest BCUT2D eigenvalue weighted by molar-refractivity contribution is 0.282. The van der Waals surface area contributed by atoms with Gasteiger partial charge in [0.2, 0.25) is 0 Å². The molecule has 18 heavy (non-hydrogen) atoms. The van der Waals surface area contributed by atoms with E-state index in [0.29, 0.717) is 6.54 Å². The van der Waals surface area contributed by atoms with Crippen molar-refractivity contribution in [3.05, 3.63) is 57.7 Å². The molecule has 0 atom stereocenters. The minimum absolute atomic E-state index is 0.0821. The molecule has 2 N–H and O–H groups in total. The Morgan fingerprint density at radius 2 is 1.89 bits per heavy atom. The Kier molecular flexibility index (Phi) is 4.33. The van der Waals surface area contributed by atoms with Crippen molar-refractivity contribution in [2.45, 2.75) is 20.1 Å². The fraction of sp³-hybridized carbons (Fsp3) is 0.214. The first-order chi connectivity index (χ1) is 8.69. The summed E-state index contributed by atoms with van der Waals surface area (Å²) in [6, 6.07) is 9.88. The van der Waals surface area contributed by atoms with Gasteiger partial charge in [-0.25, -0.2) is 4.98 Å². The van der Waals surface area contributed by atoms with Gasteiger partial charge in [0.15, 0.2) is 0 Å². The van der Waals surface area contributed by atoms with E-state index in [1.54, 1.807) is 0 Å². The van der Waals surface area contributed by atoms with Crippen LogP contribution in [-0.4, -0.2) is 10.1 Å². The molecule has 0 aliphatic carbocycles. The van der Waals surface area contributed by atoms with Crippen LogP contribution in [0.3, 0.4) is 0 Å². The summed E-state index contributed by atoms with van der Waals surface area (Å²) in [5.74, 6) is 0.840. The maximum Gasteiger partial charge on any atom is 0.140 e. The molecule has 0 radical (unpaired) electrons. The Morgan fingerprint density at radius 1 is 1.22 bits per heavy atom. The van der Waals surface area contributed by atoms with Crippen molar-refractivity contribution in [3.63, 3.8) is 0 Å². The van der Waals surface area contributed by atoms with E-state index < -0.39 is 0 Å². The second-order valence-corrected chi connectivity index (χ2v) is 5.03. The summed E-state index contributed by atoms with van der Waals surface area (Å²) in [6.45, 7) is 2.80. The molecule has 1 aromatic heterocycles. The number of anilines is 1. The molecule has 1 heterocycles. The fourth-order valence-electron chi connectivity index (χ4n) is 1.61. The van der Waals surface area contributed by atoms with E-state index in [2.05, 4.69) is 26.2 Å². The Balaban J connectivity index is 2.02. The molecule has 2 aromatic rings. The quantitative estimate of drug-likeness (QED) is 0.911. The summed E-state index contributed by atoms with van der Waals surface area (Å²) >= 11 is 3.49. The second-order valence-electron chi connectivity index (χ2n) is 4.17. The van der Waals surface area contributed by atoms with E-state index in [0.717, 1.165) is 27.0 Å². The molecule has 0 saturated carbocycles. The molecule has 3 nitrogen and oxygen atoms in total. The summed E-state index contributed by atoms with van der Waals surface area (Å²) in [6.07, 6.45) is 1.84. The molecule has 0 aliphatic rings. The Hall–Kier alpha value is -1.39. The number of nitrogens with one attached hydrogen (secondary N) is 1. The van der Waals surface area contributed by atoms with E-state index in [-0.39, 0.29) is 6.61 Å². The standard InChI is InChI=1S/C14H15BrN2O/c1-10-6-13(15)14(16-7-10)17-8-11-2-4-12(9-18)5-3-11/h2-7,18H,8-9H2,1H3,(H,16,17). The smallest absolute Gasteiger partial charge is 0.140 e. The number of hydrogen-bond acceptors (Lipinski definition) is 3. The van der Waals surface area contributed by atoms with E-state index >= 15 is 0 Å². The van der Waals surface area contributed by atoms with Crippen LogP contribution in [0.25, 0.3) is 0 Å². The number of benzene rings is 1. The minimum atomic E-state index is 0.0821. The number of nitrogens with zero attached hydrogens (tertiary/aromatic N) is 1. The van der Waals surface area contributed by atoms with Gasteiger partial charge in [0.1, 0.15) is 5.82 Å². The average molecular weight is 307 g/mol. The monoisotopic (exact) mass is 306 g/mol. The third-order valence-corrected chi connectivity index (χ3v) is 3.25. The van der Waals surface area contributed by atoms with Crippen molar-refractivity contribution in [2.75, 3.05) is 5.32 Å². The van der Waals surface area contributed by atoms with Gasteiger partial charge in [-0.15, -0.1) is 0 Å². The Morgan fingerprint density at radius 3 is 2.50 bits per heavy atom. The molecular formula is C14H15BrN2O. The number of halogens is 1. The summed E-state index contributed by atoms with van der Waals surface area (Å²) in [4.78, 5) is 4.33. The Labute approximate surface area is 115 Å². The SMILES string of the molecule is Cc1cnc(NCc2ccc(CO)cc2)c(Br)c1. The first kappa shape index (κ1) is 13.1. The van der Waals surface area contributed by atoms with Crippen molar-refractivity contribution in [1.82, 2.24) is 4.98 Å². The van der Waals surface area contributed by atoms with E-state index in [4.69, 9.17) is 5.11 Å². The minimum Gasteiger partial charge on any atom is -0.392 e. The largest absolute Gasteiger partial charge is 0.392 e. The lowest BCUT2D eigenvalue weighted by Gasteiger charge is -2.08. The van der Waals surface area contributed by atoms with Crippen molar-refractivity contribution >= 4 is 21.7 Å². The number of pyridine rings is 1. The van der Waals surface area contributed by atoms with Crippen LogP contribution in [0.15, 0.2) is 41.0 Å². The highest BCUT2D eigenvalue weighted by Crippen LogP contribution is 2.21. The molecule has 4 heteroatoms. The van der Waals surface area contributed by atoms with E-state index in [9.17, 15) is 0 Å². The van der Waals surface area contributed by atoms with Gasteiger partial charge in [-0.1, -0.05) is 24.3 Å². The van der Waals surface area contributed by atoms with Crippen molar-refractivity contribution in [2.24, 2.45) is 0 Å². The van der Waals surface area contributed by atoms with Gasteiger partial charge in [0.25, 0.3) is 0 Å². The van der Waals surface area contributed by atoms with Gasteiger partial charge < -0.3 is 10.4 Å². The zero-order valence-electron chi connectivity index (χ0n) is 10.2. The first-order valence-electron chi connectivity index (χ1n) is 5.74. The van der Waals surface area contributed by atoms with Gasteiger partial charge >= 0.3 is 0 Å². The molecule has 2 rings (SSSR count). The predicted molar refractivity (Wildman–Crippen MR) is 76.4 cm³/mol. The van der Waals surface area contributed by atoms with Gasteiger partial charge in [-0.05, 0) is 45.6 Å². The van der Waals surface area contributed by atoms with E-state index in [1.807, 2.05) is 43.5 Å². The topological polar surface area (TPSA) is 45.2 Å². The van der Waals surface area contributed by atoms with Gasteiger partial charge in [-0.2, -0.15) is 0 Å². The van der Waals surface area contributed by atoms with Crippen LogP contribution < -0.4 is 5.32 Å². The maximum atomic E-state index is 8.97. The van der Waals surface area contributed by atoms with Gasteiger partial charge in [0, 0.05) is 12.7 Å². The molecule has 0 amide bonds. The molecular weight excluding hydrogens is 292 g/mol. The van der Waals surface area contributed by atoms with Crippen LogP contribution in [0.2, 0.25) is 0 Å². The molecule has 1 aromatic carbocycles. The van der Waals surface area contributed by atoms with E-state index in [1.165, 1.54) is 0 Å². The Bertz CT molecular complexity index is 526. The summed E-state index contributed by atoms with van der Waals surface area (Å²) in [7, 11) is 0. The zero-order valence-corrected chi connectivity index (χ0v) is 11.7. The summed E-state index contributed by atoms with van der Waals surface area (Å²) < 4.78 is 0.967. The van der Waals surface area contributed by atoms with Crippen LogP contribution in [0, 0.1) is 6.92 Å². The van der Waals surface area contributed by atoms with Crippen molar-refractivity contribution in [3.8, 4) is 0 Å². The fourth-order valence-corrected chi connectivity index (χ4v) is 2.22. The number of aromatic nitrogens is 1. The predicted octanol–water partition coefficient (Wildman–Crippen LogP) is 3.26. The summed E-state index contributed by atoms with van der Waals surface area (Å²) in [5.41, 5.74) is 3.20. The highest BCUT2D eigenvalue weighted by atomic mass is 79.9. The van der Waals surface area contributed by atoms with Crippen LogP contribution >= 0.6 is 15.9 Å². The third-order valence-electron chi connectivity index (χ3n) is 2.64. The lowest BCUT2D eigenvalue weighted by Crippen LogP contribution is -2.02. The molecule has 0 spiro atoms. The average Bonchev–Trinajstić information content (AvgIpc) is 2.38. The number of aliphatic hydroxyl groups excluding tert-OH is 1. The highest BCUT2D eigenvalue weighted by molar-refractivity contribution is 9.10. The molecule has 0 bridgehead atoms. The third kappa shape index (κ3) is 3.31. The number of aliphatic hydroxyl groups is 1. The maximum absolute atomic E-state index is 8.97. The van der Waals surface area contributed by atoms with Gasteiger partial charge in [0.05, 0.1) is 11.1 Å². The van der Waals surface area contributed by atoms with Crippen LogP contribution in [0.1, 0.15) is 16.7 Å². The summed E-state index contributed by atoms with van der Waals surface area (Å²) in [5, 5.41) is 12.2. The first-order valence-corrected chi connectivity index (χ1v) is 6.53. The molecule has 0 saturated heterocycles. The normalized spacial score (nSPS) is 10.4. The van der Waals surface area contributed by atoms with Crippen LogP contribution in [0.4, 0.5) is 5.82 Å². The number of rotatable bonds is 4. The van der Waals surface area contributed by atoms with Crippen molar-refractivity contribution < 1.29 is 5.11 Å². The lowest BCUT2D eigenvalue weighted by atomic mass is 10.1. The van der Waals surface area contributed by atoms with Crippen LogP contribution in [-0.2, 0) is 13.2 Å². The molecule has 0 unspecified atom stereocenters. The highest BCUT2D eigenvalue weighted by Gasteiger charge is 2.01. The number of aryl methyl sites for hydroxylation is 1. The molecule has 94 valence electrons. The number of hydrogen-bond donors (Lipinski definition) is 2. The van der Waals surface area contributed by atoms with Crippen molar-refractivity contribution in [1.29, 1.82) is 0 Å². The second kappa shape index (κ2) is 5.98. The van der Waals surface area contributed by atoms with Crippen LogP contribution in [0.5, 0.6) is 0 Å².